The fraction of sp³-hybridized carbons (Fsp3) is 0.933. The molecule has 0 aromatic heterocycles. The molecule has 4 nitrogen and oxygen atoms in total. The van der Waals surface area contributed by atoms with Crippen molar-refractivity contribution in [3.05, 3.63) is 0 Å². The average Bonchev–Trinajstić information content (AvgIpc) is 2.98. The van der Waals surface area contributed by atoms with Crippen molar-refractivity contribution in [3.63, 3.8) is 0 Å². The Bertz CT molecular complexity index is 289. The molecule has 2 N–H and O–H groups in total. The van der Waals surface area contributed by atoms with E-state index in [9.17, 15) is 4.79 Å². The summed E-state index contributed by atoms with van der Waals surface area (Å²) in [4.78, 5) is 14.5. The number of piperidine rings is 1. The first kappa shape index (κ1) is 14.8. The molecule has 0 radical (unpaired) electrons. The van der Waals surface area contributed by atoms with E-state index in [-0.39, 0.29) is 11.9 Å². The van der Waals surface area contributed by atoms with E-state index in [2.05, 4.69) is 29.4 Å². The Kier molecular flexibility index (Phi) is 5.64. The van der Waals surface area contributed by atoms with Crippen LogP contribution in [0.1, 0.15) is 46.0 Å². The molecule has 0 bridgehead atoms. The van der Waals surface area contributed by atoms with E-state index in [0.717, 1.165) is 32.5 Å². The lowest BCUT2D eigenvalue weighted by Gasteiger charge is -2.36. The summed E-state index contributed by atoms with van der Waals surface area (Å²) in [6, 6.07) is 0.740. The van der Waals surface area contributed by atoms with E-state index in [4.69, 9.17) is 0 Å². The number of likely N-dealkylation sites (tertiary alicyclic amines) is 1. The van der Waals surface area contributed by atoms with Gasteiger partial charge in [-0.15, -0.1) is 0 Å². The van der Waals surface area contributed by atoms with Crippen molar-refractivity contribution >= 4 is 5.91 Å². The van der Waals surface area contributed by atoms with Gasteiger partial charge in [-0.25, -0.2) is 0 Å². The van der Waals surface area contributed by atoms with E-state index in [0.29, 0.717) is 12.0 Å². The molecule has 3 atom stereocenters. The Morgan fingerprint density at radius 3 is 2.95 bits per heavy atom. The molecule has 2 heterocycles. The molecule has 3 unspecified atom stereocenters. The predicted molar refractivity (Wildman–Crippen MR) is 78.1 cm³/mol. The Morgan fingerprint density at radius 2 is 2.26 bits per heavy atom. The second-order valence-electron chi connectivity index (χ2n) is 6.15. The maximum Gasteiger partial charge on any atom is 0.237 e. The van der Waals surface area contributed by atoms with Crippen LogP contribution in [0.25, 0.3) is 0 Å². The van der Waals surface area contributed by atoms with Gasteiger partial charge in [0, 0.05) is 19.1 Å². The van der Waals surface area contributed by atoms with Gasteiger partial charge in [-0.1, -0.05) is 6.92 Å². The zero-order valence-corrected chi connectivity index (χ0v) is 12.5. The molecule has 2 rings (SSSR count). The smallest absolute Gasteiger partial charge is 0.237 e. The number of carbonyl (C=O) groups excluding carboxylic acids is 1. The standard InChI is InChI=1S/C15H29N3O/c1-3-12(2)18-9-5-6-13(11-18)10-17-15(19)14-7-4-8-16-14/h12-14,16H,3-11H2,1-2H3,(H,17,19). The van der Waals surface area contributed by atoms with Gasteiger partial charge in [0.25, 0.3) is 0 Å². The van der Waals surface area contributed by atoms with Crippen LogP contribution in [0.4, 0.5) is 0 Å². The molecule has 110 valence electrons. The highest BCUT2D eigenvalue weighted by Crippen LogP contribution is 2.19. The lowest BCUT2D eigenvalue weighted by Crippen LogP contribution is -2.47. The van der Waals surface area contributed by atoms with Gasteiger partial charge < -0.3 is 15.5 Å². The number of carbonyl (C=O) groups is 1. The highest BCUT2D eigenvalue weighted by Gasteiger charge is 2.25. The summed E-state index contributed by atoms with van der Waals surface area (Å²) in [6.07, 6.45) is 5.86. The minimum Gasteiger partial charge on any atom is -0.354 e. The molecule has 0 spiro atoms. The molecular formula is C15H29N3O. The van der Waals surface area contributed by atoms with Crippen molar-refractivity contribution in [1.82, 2.24) is 15.5 Å². The van der Waals surface area contributed by atoms with E-state index in [1.807, 2.05) is 0 Å². The Labute approximate surface area is 117 Å². The summed E-state index contributed by atoms with van der Waals surface area (Å²) in [5.74, 6) is 0.839. The summed E-state index contributed by atoms with van der Waals surface area (Å²) in [5, 5.41) is 6.40. The molecule has 0 aromatic carbocycles. The second-order valence-corrected chi connectivity index (χ2v) is 6.15. The van der Waals surface area contributed by atoms with Gasteiger partial charge in [-0.05, 0) is 58.0 Å². The number of hydrogen-bond donors (Lipinski definition) is 2. The maximum absolute atomic E-state index is 12.0. The highest BCUT2D eigenvalue weighted by atomic mass is 16.2. The molecule has 2 aliphatic heterocycles. The van der Waals surface area contributed by atoms with Crippen molar-refractivity contribution in [2.24, 2.45) is 5.92 Å². The van der Waals surface area contributed by atoms with E-state index < -0.39 is 0 Å². The number of hydrogen-bond acceptors (Lipinski definition) is 3. The molecule has 0 saturated carbocycles. The van der Waals surface area contributed by atoms with Gasteiger partial charge in [0.05, 0.1) is 6.04 Å². The third-order valence-corrected chi connectivity index (χ3v) is 4.71. The van der Waals surface area contributed by atoms with Gasteiger partial charge >= 0.3 is 0 Å². The van der Waals surface area contributed by atoms with Crippen LogP contribution in [0.3, 0.4) is 0 Å². The van der Waals surface area contributed by atoms with Gasteiger partial charge in [0.1, 0.15) is 0 Å². The molecule has 19 heavy (non-hydrogen) atoms. The topological polar surface area (TPSA) is 44.4 Å². The minimum absolute atomic E-state index is 0.0641. The zero-order valence-electron chi connectivity index (χ0n) is 12.5. The lowest BCUT2D eigenvalue weighted by atomic mass is 9.96. The first-order valence-electron chi connectivity index (χ1n) is 7.95. The molecular weight excluding hydrogens is 238 g/mol. The second kappa shape index (κ2) is 7.25. The fourth-order valence-electron chi connectivity index (χ4n) is 3.20. The zero-order chi connectivity index (χ0) is 13.7. The summed E-state index contributed by atoms with van der Waals surface area (Å²) >= 11 is 0. The molecule has 1 amide bonds. The van der Waals surface area contributed by atoms with Crippen LogP contribution in [0.15, 0.2) is 0 Å². The van der Waals surface area contributed by atoms with Gasteiger partial charge in [0.2, 0.25) is 5.91 Å². The minimum atomic E-state index is 0.0641. The normalized spacial score (nSPS) is 30.2. The van der Waals surface area contributed by atoms with E-state index in [1.54, 1.807) is 0 Å². The lowest BCUT2D eigenvalue weighted by molar-refractivity contribution is -0.123. The molecule has 4 heteroatoms. The monoisotopic (exact) mass is 267 g/mol. The van der Waals surface area contributed by atoms with Crippen LogP contribution in [0.5, 0.6) is 0 Å². The van der Waals surface area contributed by atoms with Crippen LogP contribution in [0.2, 0.25) is 0 Å². The highest BCUT2D eigenvalue weighted by molar-refractivity contribution is 5.81. The molecule has 2 aliphatic rings. The molecule has 0 aliphatic carbocycles. The van der Waals surface area contributed by atoms with Gasteiger partial charge in [0.15, 0.2) is 0 Å². The van der Waals surface area contributed by atoms with Crippen LogP contribution < -0.4 is 10.6 Å². The summed E-state index contributed by atoms with van der Waals surface area (Å²) < 4.78 is 0. The Morgan fingerprint density at radius 1 is 1.42 bits per heavy atom. The number of amides is 1. The predicted octanol–water partition coefficient (Wildman–Crippen LogP) is 1.37. The first-order chi connectivity index (χ1) is 9.20. The summed E-state index contributed by atoms with van der Waals surface area (Å²) in [7, 11) is 0. The van der Waals surface area contributed by atoms with Crippen molar-refractivity contribution in [3.8, 4) is 0 Å². The molecule has 0 aromatic rings. The van der Waals surface area contributed by atoms with Crippen LogP contribution >= 0.6 is 0 Å². The van der Waals surface area contributed by atoms with Crippen LogP contribution in [-0.4, -0.2) is 49.1 Å². The van der Waals surface area contributed by atoms with Crippen LogP contribution in [0, 0.1) is 5.92 Å². The summed E-state index contributed by atoms with van der Waals surface area (Å²) in [6.45, 7) is 8.77. The Hall–Kier alpha value is -0.610. The maximum atomic E-state index is 12.0. The summed E-state index contributed by atoms with van der Waals surface area (Å²) in [5.41, 5.74) is 0. The molecule has 2 saturated heterocycles. The number of nitrogens with one attached hydrogen (secondary N) is 2. The third-order valence-electron chi connectivity index (χ3n) is 4.71. The largest absolute Gasteiger partial charge is 0.354 e. The van der Waals surface area contributed by atoms with Crippen molar-refractivity contribution in [2.45, 2.75) is 58.0 Å². The van der Waals surface area contributed by atoms with Crippen molar-refractivity contribution in [2.75, 3.05) is 26.2 Å². The fourth-order valence-corrected chi connectivity index (χ4v) is 3.20. The van der Waals surface area contributed by atoms with Crippen LogP contribution in [-0.2, 0) is 4.79 Å². The third kappa shape index (κ3) is 4.18. The number of nitrogens with zero attached hydrogens (tertiary/aromatic N) is 1. The number of rotatable bonds is 5. The van der Waals surface area contributed by atoms with E-state index >= 15 is 0 Å². The van der Waals surface area contributed by atoms with Gasteiger partial charge in [-0.2, -0.15) is 0 Å². The van der Waals surface area contributed by atoms with Crippen molar-refractivity contribution in [1.29, 1.82) is 0 Å². The average molecular weight is 267 g/mol. The first-order valence-corrected chi connectivity index (χ1v) is 7.95. The van der Waals surface area contributed by atoms with Crippen molar-refractivity contribution < 1.29 is 4.79 Å². The quantitative estimate of drug-likeness (QED) is 0.790. The molecule has 2 fully saturated rings. The SMILES string of the molecule is CCC(C)N1CCCC(CNC(=O)C2CCCN2)C1. The van der Waals surface area contributed by atoms with E-state index in [1.165, 1.54) is 25.8 Å². The van der Waals surface area contributed by atoms with Gasteiger partial charge in [-0.3, -0.25) is 4.79 Å². The Balaban J connectivity index is 1.71.